The zero-order valence-corrected chi connectivity index (χ0v) is 8.49. The summed E-state index contributed by atoms with van der Waals surface area (Å²) in [7, 11) is 1.16. The SMILES string of the molecule is C=C(C)[C@@]1(C)CC1(C(=O)OC)[N+](=O)[O-]. The molecule has 0 amide bonds. The Labute approximate surface area is 81.9 Å². The molecule has 5 heteroatoms. The monoisotopic (exact) mass is 199 g/mol. The van der Waals surface area contributed by atoms with Gasteiger partial charge in [0, 0.05) is 11.3 Å². The second kappa shape index (κ2) is 2.80. The minimum atomic E-state index is -1.60. The molecule has 1 aliphatic carbocycles. The first-order chi connectivity index (χ1) is 6.33. The van der Waals surface area contributed by atoms with Crippen LogP contribution in [0.15, 0.2) is 12.2 Å². The Morgan fingerprint density at radius 2 is 2.14 bits per heavy atom. The van der Waals surface area contributed by atoms with Gasteiger partial charge in [-0.05, 0) is 13.8 Å². The molecule has 0 aromatic rings. The molecule has 0 heterocycles. The summed E-state index contributed by atoms with van der Waals surface area (Å²) in [6, 6.07) is 0. The Bertz CT molecular complexity index is 325. The summed E-state index contributed by atoms with van der Waals surface area (Å²) in [6.45, 7) is 7.02. The van der Waals surface area contributed by atoms with E-state index in [-0.39, 0.29) is 6.42 Å². The highest BCUT2D eigenvalue weighted by molar-refractivity contribution is 5.85. The van der Waals surface area contributed by atoms with Crippen LogP contribution in [0.3, 0.4) is 0 Å². The number of hydrogen-bond donors (Lipinski definition) is 0. The summed E-state index contributed by atoms with van der Waals surface area (Å²) < 4.78 is 4.46. The quantitative estimate of drug-likeness (QED) is 0.296. The Kier molecular flexibility index (Phi) is 2.14. The van der Waals surface area contributed by atoms with Crippen LogP contribution in [-0.4, -0.2) is 23.5 Å². The Morgan fingerprint density at radius 3 is 2.36 bits per heavy atom. The third-order valence-corrected chi connectivity index (χ3v) is 3.17. The molecule has 0 spiro atoms. The van der Waals surface area contributed by atoms with Gasteiger partial charge in [0.25, 0.3) is 0 Å². The molecule has 0 radical (unpaired) electrons. The highest BCUT2D eigenvalue weighted by Crippen LogP contribution is 2.62. The third kappa shape index (κ3) is 0.981. The number of esters is 1. The molecule has 1 rings (SSSR count). The molecular weight excluding hydrogens is 186 g/mol. The van der Waals surface area contributed by atoms with E-state index in [4.69, 9.17) is 0 Å². The highest BCUT2D eigenvalue weighted by atomic mass is 16.6. The molecule has 1 fully saturated rings. The van der Waals surface area contributed by atoms with Gasteiger partial charge in [0.05, 0.1) is 12.5 Å². The van der Waals surface area contributed by atoms with E-state index in [1.165, 1.54) is 0 Å². The first-order valence-corrected chi connectivity index (χ1v) is 4.22. The molecule has 0 bridgehead atoms. The van der Waals surface area contributed by atoms with Crippen LogP contribution in [0.2, 0.25) is 0 Å². The average molecular weight is 199 g/mol. The number of methoxy groups -OCH3 is 1. The molecule has 0 saturated heterocycles. The van der Waals surface area contributed by atoms with Gasteiger partial charge >= 0.3 is 11.5 Å². The van der Waals surface area contributed by atoms with Crippen molar-refractivity contribution in [2.24, 2.45) is 5.41 Å². The standard InChI is InChI=1S/C9H13NO4/c1-6(2)8(3)5-9(8,10(12)13)7(11)14-4/h1,5H2,2-4H3/t8-,9?/m1/s1. The van der Waals surface area contributed by atoms with Crippen LogP contribution in [0.5, 0.6) is 0 Å². The fourth-order valence-corrected chi connectivity index (χ4v) is 1.78. The van der Waals surface area contributed by atoms with Crippen molar-refractivity contribution in [2.75, 3.05) is 7.11 Å². The molecule has 1 unspecified atom stereocenters. The van der Waals surface area contributed by atoms with Gasteiger partial charge in [-0.2, -0.15) is 0 Å². The van der Waals surface area contributed by atoms with E-state index in [0.717, 1.165) is 7.11 Å². The molecule has 1 aliphatic rings. The largest absolute Gasteiger partial charge is 0.464 e. The fourth-order valence-electron chi connectivity index (χ4n) is 1.78. The Balaban J connectivity index is 3.09. The summed E-state index contributed by atoms with van der Waals surface area (Å²) in [6.07, 6.45) is 0.176. The number of rotatable bonds is 3. The van der Waals surface area contributed by atoms with E-state index >= 15 is 0 Å². The number of hydrogen-bond acceptors (Lipinski definition) is 4. The van der Waals surface area contributed by atoms with Crippen molar-refractivity contribution in [3.8, 4) is 0 Å². The third-order valence-electron chi connectivity index (χ3n) is 3.17. The maximum absolute atomic E-state index is 11.4. The maximum Gasteiger partial charge on any atom is 0.385 e. The predicted molar refractivity (Wildman–Crippen MR) is 49.3 cm³/mol. The number of carbonyl (C=O) groups is 1. The predicted octanol–water partition coefficient (Wildman–Crippen LogP) is 1.16. The van der Waals surface area contributed by atoms with Crippen molar-refractivity contribution in [1.29, 1.82) is 0 Å². The molecule has 0 aromatic carbocycles. The van der Waals surface area contributed by atoms with E-state index in [1.54, 1.807) is 13.8 Å². The van der Waals surface area contributed by atoms with Crippen molar-refractivity contribution in [2.45, 2.75) is 25.8 Å². The topological polar surface area (TPSA) is 69.4 Å². The van der Waals surface area contributed by atoms with Gasteiger partial charge in [-0.1, -0.05) is 12.2 Å². The molecule has 5 nitrogen and oxygen atoms in total. The first-order valence-electron chi connectivity index (χ1n) is 4.22. The van der Waals surface area contributed by atoms with Gasteiger partial charge in [0.1, 0.15) is 0 Å². The lowest BCUT2D eigenvalue weighted by molar-refractivity contribution is -0.532. The van der Waals surface area contributed by atoms with Crippen LogP contribution in [0.1, 0.15) is 20.3 Å². The van der Waals surface area contributed by atoms with Crippen LogP contribution >= 0.6 is 0 Å². The van der Waals surface area contributed by atoms with Gasteiger partial charge in [-0.3, -0.25) is 10.1 Å². The smallest absolute Gasteiger partial charge is 0.385 e. The molecule has 2 atom stereocenters. The average Bonchev–Trinajstić information content (AvgIpc) is 2.74. The molecule has 0 N–H and O–H groups in total. The van der Waals surface area contributed by atoms with Crippen molar-refractivity contribution in [3.05, 3.63) is 22.3 Å². The van der Waals surface area contributed by atoms with Crippen LogP contribution in [-0.2, 0) is 9.53 Å². The molecule has 78 valence electrons. The van der Waals surface area contributed by atoms with E-state index in [1.807, 2.05) is 0 Å². The van der Waals surface area contributed by atoms with Crippen molar-refractivity contribution in [3.63, 3.8) is 0 Å². The normalized spacial score (nSPS) is 34.8. The lowest BCUT2D eigenvalue weighted by Gasteiger charge is -2.13. The maximum atomic E-state index is 11.4. The summed E-state index contributed by atoms with van der Waals surface area (Å²) >= 11 is 0. The number of nitro groups is 1. The van der Waals surface area contributed by atoms with Gasteiger partial charge in [-0.25, -0.2) is 4.79 Å². The number of carbonyl (C=O) groups excluding carboxylic acids is 1. The van der Waals surface area contributed by atoms with Crippen molar-refractivity contribution < 1.29 is 14.5 Å². The fraction of sp³-hybridized carbons (Fsp3) is 0.667. The number of nitrogens with zero attached hydrogens (tertiary/aromatic N) is 1. The van der Waals surface area contributed by atoms with E-state index < -0.39 is 21.8 Å². The lowest BCUT2D eigenvalue weighted by atomic mass is 9.95. The molecule has 0 aliphatic heterocycles. The molecule has 0 aromatic heterocycles. The number of ether oxygens (including phenoxy) is 1. The molecular formula is C9H13NO4. The highest BCUT2D eigenvalue weighted by Gasteiger charge is 2.81. The van der Waals surface area contributed by atoms with Crippen molar-refractivity contribution >= 4 is 5.97 Å². The van der Waals surface area contributed by atoms with Crippen LogP contribution in [0.25, 0.3) is 0 Å². The summed E-state index contributed by atoms with van der Waals surface area (Å²) in [5, 5.41) is 10.9. The zero-order chi connectivity index (χ0) is 11.1. The second-order valence-corrected chi connectivity index (χ2v) is 3.90. The minimum Gasteiger partial charge on any atom is -0.464 e. The van der Waals surface area contributed by atoms with Crippen molar-refractivity contribution in [1.82, 2.24) is 0 Å². The van der Waals surface area contributed by atoms with Crippen LogP contribution in [0, 0.1) is 15.5 Å². The molecule has 14 heavy (non-hydrogen) atoms. The first kappa shape index (κ1) is 10.7. The van der Waals surface area contributed by atoms with Crippen LogP contribution in [0.4, 0.5) is 0 Å². The minimum absolute atomic E-state index is 0.176. The zero-order valence-electron chi connectivity index (χ0n) is 8.49. The van der Waals surface area contributed by atoms with Gasteiger partial charge in [0.2, 0.25) is 0 Å². The van der Waals surface area contributed by atoms with E-state index in [9.17, 15) is 14.9 Å². The van der Waals surface area contributed by atoms with E-state index in [0.29, 0.717) is 5.57 Å². The van der Waals surface area contributed by atoms with Crippen LogP contribution < -0.4 is 0 Å². The summed E-state index contributed by atoms with van der Waals surface area (Å²) in [5.74, 6) is -0.784. The van der Waals surface area contributed by atoms with Gasteiger partial charge < -0.3 is 4.74 Å². The van der Waals surface area contributed by atoms with E-state index in [2.05, 4.69) is 11.3 Å². The van der Waals surface area contributed by atoms with Gasteiger partial charge in [-0.15, -0.1) is 0 Å². The summed E-state index contributed by atoms with van der Waals surface area (Å²) in [5.41, 5.74) is -1.73. The Hall–Kier alpha value is -1.39. The molecule has 1 saturated carbocycles. The van der Waals surface area contributed by atoms with Gasteiger partial charge in [0.15, 0.2) is 0 Å². The Morgan fingerprint density at radius 1 is 1.64 bits per heavy atom. The summed E-state index contributed by atoms with van der Waals surface area (Å²) in [4.78, 5) is 21.7. The second-order valence-electron chi connectivity index (χ2n) is 3.90. The lowest BCUT2D eigenvalue weighted by Crippen LogP contribution is -2.38.